The average Bonchev–Trinajstić information content (AvgIpc) is 2.27. The molecule has 0 aliphatic heterocycles. The third kappa shape index (κ3) is 3.16. The van der Waals surface area contributed by atoms with Gasteiger partial charge in [-0.1, -0.05) is 11.8 Å². The number of esters is 1. The zero-order valence-electron chi connectivity index (χ0n) is 8.54. The molecule has 6 heteroatoms. The predicted molar refractivity (Wildman–Crippen MR) is 60.2 cm³/mol. The Kier molecular flexibility index (Phi) is 4.19. The van der Waals surface area contributed by atoms with Crippen molar-refractivity contribution in [2.75, 3.05) is 12.8 Å². The molecule has 0 fully saturated rings. The van der Waals surface area contributed by atoms with Crippen molar-refractivity contribution in [1.82, 2.24) is 0 Å². The van der Waals surface area contributed by atoms with Crippen molar-refractivity contribution in [1.29, 1.82) is 0 Å². The van der Waals surface area contributed by atoms with Crippen LogP contribution in [0, 0.1) is 0 Å². The maximum atomic E-state index is 11.2. The fourth-order valence-corrected chi connectivity index (χ4v) is 1.85. The highest BCUT2D eigenvalue weighted by molar-refractivity contribution is 8.01. The number of hydrogen-bond donors (Lipinski definition) is 2. The van der Waals surface area contributed by atoms with Gasteiger partial charge in [-0.15, -0.1) is 0 Å². The number of carbonyl (C=O) groups is 2. The molecule has 0 bridgehead atoms. The van der Waals surface area contributed by atoms with Crippen molar-refractivity contribution in [3.63, 3.8) is 0 Å². The fourth-order valence-electron chi connectivity index (χ4n) is 0.989. The number of nitrogen functional groups attached to an aromatic ring is 1. The minimum absolute atomic E-state index is 0.578. The summed E-state index contributed by atoms with van der Waals surface area (Å²) >= 11 is 0.909. The SMILES string of the molecule is COC(=O)C(Sc1ccc(N)cc1)C(=O)O. The van der Waals surface area contributed by atoms with Crippen LogP contribution in [-0.2, 0) is 14.3 Å². The summed E-state index contributed by atoms with van der Waals surface area (Å²) in [5, 5.41) is 7.59. The molecule has 0 aliphatic carbocycles. The van der Waals surface area contributed by atoms with Gasteiger partial charge in [0, 0.05) is 10.6 Å². The number of rotatable bonds is 4. The number of thioether (sulfide) groups is 1. The lowest BCUT2D eigenvalue weighted by atomic mass is 10.3. The van der Waals surface area contributed by atoms with Crippen LogP contribution < -0.4 is 5.73 Å². The minimum Gasteiger partial charge on any atom is -0.480 e. The highest BCUT2D eigenvalue weighted by Crippen LogP contribution is 2.25. The normalized spacial score (nSPS) is 11.8. The molecule has 3 N–H and O–H groups in total. The first-order chi connectivity index (χ1) is 7.54. The molecule has 1 unspecified atom stereocenters. The first kappa shape index (κ1) is 12.4. The van der Waals surface area contributed by atoms with Gasteiger partial charge in [-0.25, -0.2) is 0 Å². The van der Waals surface area contributed by atoms with Crippen LogP contribution >= 0.6 is 11.8 Å². The molecule has 0 aliphatic rings. The van der Waals surface area contributed by atoms with Gasteiger partial charge in [0.05, 0.1) is 7.11 Å². The van der Waals surface area contributed by atoms with Crippen molar-refractivity contribution < 1.29 is 19.4 Å². The van der Waals surface area contributed by atoms with Gasteiger partial charge in [0.2, 0.25) is 5.25 Å². The Morgan fingerprint density at radius 2 is 1.94 bits per heavy atom. The number of ether oxygens (including phenoxy) is 1. The predicted octanol–water partition coefficient (Wildman–Crippen LogP) is 0.987. The topological polar surface area (TPSA) is 89.6 Å². The van der Waals surface area contributed by atoms with Crippen LogP contribution in [0.5, 0.6) is 0 Å². The summed E-state index contributed by atoms with van der Waals surface area (Å²) in [5.41, 5.74) is 6.06. The largest absolute Gasteiger partial charge is 0.480 e. The van der Waals surface area contributed by atoms with E-state index in [9.17, 15) is 9.59 Å². The number of carboxylic acids is 1. The lowest BCUT2D eigenvalue weighted by Gasteiger charge is -2.09. The summed E-state index contributed by atoms with van der Waals surface area (Å²) in [6.07, 6.45) is 0. The van der Waals surface area contributed by atoms with Crippen molar-refractivity contribution in [3.05, 3.63) is 24.3 Å². The van der Waals surface area contributed by atoms with Gasteiger partial charge in [0.1, 0.15) is 0 Å². The van der Waals surface area contributed by atoms with Gasteiger partial charge in [-0.3, -0.25) is 9.59 Å². The molecular weight excluding hydrogens is 230 g/mol. The van der Waals surface area contributed by atoms with Crippen molar-refractivity contribution in [2.45, 2.75) is 10.1 Å². The summed E-state index contributed by atoms with van der Waals surface area (Å²) in [7, 11) is 1.15. The van der Waals surface area contributed by atoms with E-state index in [1.807, 2.05) is 0 Å². The molecule has 16 heavy (non-hydrogen) atoms. The molecule has 0 heterocycles. The van der Waals surface area contributed by atoms with Crippen molar-refractivity contribution in [3.8, 4) is 0 Å². The van der Waals surface area contributed by atoms with Gasteiger partial charge >= 0.3 is 11.9 Å². The fraction of sp³-hybridized carbons (Fsp3) is 0.200. The van der Waals surface area contributed by atoms with E-state index in [1.165, 1.54) is 0 Å². The molecule has 5 nitrogen and oxygen atoms in total. The van der Waals surface area contributed by atoms with Crippen LogP contribution in [0.25, 0.3) is 0 Å². The second-order valence-electron chi connectivity index (χ2n) is 2.93. The third-order valence-electron chi connectivity index (χ3n) is 1.77. The second-order valence-corrected chi connectivity index (χ2v) is 4.11. The standard InChI is InChI=1S/C10H11NO4S/c1-15-10(14)8(9(12)13)16-7-4-2-6(11)3-5-7/h2-5,8H,11H2,1H3,(H,12,13). The van der Waals surface area contributed by atoms with Crippen LogP contribution in [0.15, 0.2) is 29.2 Å². The zero-order valence-corrected chi connectivity index (χ0v) is 9.36. The van der Waals surface area contributed by atoms with E-state index in [0.29, 0.717) is 10.6 Å². The first-order valence-electron chi connectivity index (χ1n) is 4.37. The number of aliphatic carboxylic acids is 1. The Morgan fingerprint density at radius 1 is 1.38 bits per heavy atom. The Morgan fingerprint density at radius 3 is 2.38 bits per heavy atom. The van der Waals surface area contributed by atoms with Gasteiger partial charge < -0.3 is 15.6 Å². The van der Waals surface area contributed by atoms with E-state index in [4.69, 9.17) is 10.8 Å². The van der Waals surface area contributed by atoms with Gasteiger partial charge in [-0.2, -0.15) is 0 Å². The van der Waals surface area contributed by atoms with Crippen LogP contribution in [0.1, 0.15) is 0 Å². The van der Waals surface area contributed by atoms with E-state index in [0.717, 1.165) is 18.9 Å². The third-order valence-corrected chi connectivity index (χ3v) is 2.95. The Balaban J connectivity index is 2.80. The van der Waals surface area contributed by atoms with Crippen molar-refractivity contribution in [2.24, 2.45) is 0 Å². The molecule has 0 spiro atoms. The zero-order chi connectivity index (χ0) is 12.1. The van der Waals surface area contributed by atoms with E-state index in [-0.39, 0.29) is 0 Å². The highest BCUT2D eigenvalue weighted by Gasteiger charge is 2.28. The molecule has 1 rings (SSSR count). The monoisotopic (exact) mass is 241 g/mol. The summed E-state index contributed by atoms with van der Waals surface area (Å²) in [6.45, 7) is 0. The molecule has 1 aromatic carbocycles. The highest BCUT2D eigenvalue weighted by atomic mass is 32.2. The number of methoxy groups -OCH3 is 1. The number of hydrogen-bond acceptors (Lipinski definition) is 5. The quantitative estimate of drug-likeness (QED) is 0.353. The summed E-state index contributed by atoms with van der Waals surface area (Å²) in [6, 6.07) is 6.58. The van der Waals surface area contributed by atoms with Crippen LogP contribution in [0.3, 0.4) is 0 Å². The van der Waals surface area contributed by atoms with Gasteiger partial charge in [0.15, 0.2) is 0 Å². The van der Waals surface area contributed by atoms with E-state index < -0.39 is 17.2 Å². The molecule has 0 saturated heterocycles. The molecule has 0 amide bonds. The second kappa shape index (κ2) is 5.41. The van der Waals surface area contributed by atoms with Crippen LogP contribution in [0.2, 0.25) is 0 Å². The molecule has 86 valence electrons. The Bertz CT molecular complexity index is 390. The minimum atomic E-state index is -1.26. The van der Waals surface area contributed by atoms with Crippen molar-refractivity contribution >= 4 is 29.4 Å². The molecule has 0 saturated carbocycles. The first-order valence-corrected chi connectivity index (χ1v) is 5.25. The lowest BCUT2D eigenvalue weighted by Crippen LogP contribution is -2.27. The number of nitrogens with two attached hydrogens (primary N) is 1. The summed E-state index contributed by atoms with van der Waals surface area (Å²) < 4.78 is 4.40. The summed E-state index contributed by atoms with van der Waals surface area (Å²) in [5.74, 6) is -2.01. The Hall–Kier alpha value is -1.69. The van der Waals surface area contributed by atoms with Crippen LogP contribution in [0.4, 0.5) is 5.69 Å². The number of benzene rings is 1. The van der Waals surface area contributed by atoms with E-state index in [2.05, 4.69) is 4.74 Å². The average molecular weight is 241 g/mol. The molecule has 0 aromatic heterocycles. The smallest absolute Gasteiger partial charge is 0.330 e. The molecule has 1 atom stereocenters. The molecule has 1 aromatic rings. The maximum Gasteiger partial charge on any atom is 0.330 e. The maximum absolute atomic E-state index is 11.2. The molecule has 0 radical (unpaired) electrons. The summed E-state index contributed by atoms with van der Waals surface area (Å²) in [4.78, 5) is 22.6. The number of anilines is 1. The van der Waals surface area contributed by atoms with E-state index in [1.54, 1.807) is 24.3 Å². The van der Waals surface area contributed by atoms with Gasteiger partial charge in [0.25, 0.3) is 0 Å². The van der Waals surface area contributed by atoms with Crippen LogP contribution in [-0.4, -0.2) is 29.4 Å². The van der Waals surface area contributed by atoms with Gasteiger partial charge in [-0.05, 0) is 24.3 Å². The number of carboxylic acid groups (broad SMARTS) is 1. The lowest BCUT2D eigenvalue weighted by molar-refractivity contribution is -0.148. The Labute approximate surface area is 96.6 Å². The molecular formula is C10H11NO4S. The number of carbonyl (C=O) groups excluding carboxylic acids is 1. The van der Waals surface area contributed by atoms with E-state index >= 15 is 0 Å².